The summed E-state index contributed by atoms with van der Waals surface area (Å²) in [5.41, 5.74) is 11.0. The highest BCUT2D eigenvalue weighted by molar-refractivity contribution is 5.48. The predicted octanol–water partition coefficient (Wildman–Crippen LogP) is 2.29. The maximum absolute atomic E-state index is 6.14. The first-order valence-corrected chi connectivity index (χ1v) is 6.99. The summed E-state index contributed by atoms with van der Waals surface area (Å²) in [6.45, 7) is 4.84. The lowest BCUT2D eigenvalue weighted by molar-refractivity contribution is 0.632. The fraction of sp³-hybridized carbons (Fsp3) is 0.333. The number of pyridine rings is 1. The van der Waals surface area contributed by atoms with Gasteiger partial charge in [0.05, 0.1) is 29.3 Å². The Balaban J connectivity index is 1.98. The van der Waals surface area contributed by atoms with Crippen LogP contribution < -0.4 is 5.73 Å². The van der Waals surface area contributed by atoms with Gasteiger partial charge in [0, 0.05) is 12.4 Å². The summed E-state index contributed by atoms with van der Waals surface area (Å²) >= 11 is 0. The maximum Gasteiger partial charge on any atom is 0.137 e. The van der Waals surface area contributed by atoms with Crippen LogP contribution in [0.15, 0.2) is 30.6 Å². The van der Waals surface area contributed by atoms with Crippen molar-refractivity contribution in [2.24, 2.45) is 0 Å². The van der Waals surface area contributed by atoms with E-state index < -0.39 is 0 Å². The van der Waals surface area contributed by atoms with Gasteiger partial charge in [-0.25, -0.2) is 4.98 Å². The quantitative estimate of drug-likeness (QED) is 0.790. The molecule has 2 N–H and O–H groups in total. The first-order chi connectivity index (χ1) is 9.72. The van der Waals surface area contributed by atoms with Crippen LogP contribution >= 0.6 is 0 Å². The van der Waals surface area contributed by atoms with Crippen LogP contribution in [0.4, 0.5) is 5.69 Å². The van der Waals surface area contributed by atoms with Crippen LogP contribution in [-0.4, -0.2) is 19.2 Å². The van der Waals surface area contributed by atoms with Crippen molar-refractivity contribution in [2.75, 3.05) is 5.73 Å². The van der Waals surface area contributed by atoms with Gasteiger partial charge in [-0.2, -0.15) is 5.10 Å². The summed E-state index contributed by atoms with van der Waals surface area (Å²) in [6.07, 6.45) is 5.78. The second-order valence-corrected chi connectivity index (χ2v) is 4.87. The molecule has 0 bridgehead atoms. The third-order valence-electron chi connectivity index (χ3n) is 3.57. The molecule has 5 heteroatoms. The maximum atomic E-state index is 6.14. The Morgan fingerprint density at radius 2 is 2.05 bits per heavy atom. The summed E-state index contributed by atoms with van der Waals surface area (Å²) in [5, 5.41) is 4.61. The monoisotopic (exact) mass is 269 g/mol. The molecule has 0 saturated heterocycles. The normalized spacial score (nSPS) is 11.3. The lowest BCUT2D eigenvalue weighted by Crippen LogP contribution is -2.07. The molecular weight excluding hydrogens is 250 g/mol. The highest BCUT2D eigenvalue weighted by Crippen LogP contribution is 2.19. The Morgan fingerprint density at radius 3 is 2.75 bits per heavy atom. The zero-order valence-corrected chi connectivity index (χ0v) is 11.9. The molecule has 20 heavy (non-hydrogen) atoms. The number of nitrogens with two attached hydrogens (primary N) is 1. The number of nitrogen functional groups attached to an aromatic ring is 1. The number of nitrogens with zero attached hydrogens (tertiary/aromatic N) is 4. The number of hydrogen-bond acceptors (Lipinski definition) is 3. The van der Waals surface area contributed by atoms with E-state index in [-0.39, 0.29) is 0 Å². The van der Waals surface area contributed by atoms with E-state index in [1.54, 1.807) is 0 Å². The topological polar surface area (TPSA) is 61.1 Å². The van der Waals surface area contributed by atoms with Crippen LogP contribution in [0.5, 0.6) is 0 Å². The average molecular weight is 269 g/mol. The largest absolute Gasteiger partial charge is 0.396 e. The van der Waals surface area contributed by atoms with Crippen molar-refractivity contribution in [3.63, 3.8) is 0 Å². The number of aryl methyl sites for hydroxylation is 1. The van der Waals surface area contributed by atoms with Gasteiger partial charge in [-0.3, -0.25) is 4.68 Å². The Labute approximate surface area is 118 Å². The molecule has 5 nitrogen and oxygen atoms in total. The Hall–Kier alpha value is -2.30. The fourth-order valence-electron chi connectivity index (χ4n) is 2.55. The van der Waals surface area contributed by atoms with E-state index in [9.17, 15) is 0 Å². The molecule has 0 spiro atoms. The zero-order chi connectivity index (χ0) is 14.1. The number of hydrogen-bond donors (Lipinski definition) is 1. The van der Waals surface area contributed by atoms with Gasteiger partial charge >= 0.3 is 0 Å². The van der Waals surface area contributed by atoms with Crippen molar-refractivity contribution in [2.45, 2.75) is 33.2 Å². The SMILES string of the molecule is CCc1nn(Cc2cn3ccccc3n2)c(CC)c1N. The molecule has 0 aliphatic rings. The molecule has 0 aromatic carbocycles. The molecule has 0 atom stereocenters. The number of anilines is 1. The molecule has 0 saturated carbocycles. The fourth-order valence-corrected chi connectivity index (χ4v) is 2.55. The van der Waals surface area contributed by atoms with E-state index in [4.69, 9.17) is 5.73 Å². The van der Waals surface area contributed by atoms with Crippen LogP contribution in [0.25, 0.3) is 5.65 Å². The molecule has 104 valence electrons. The number of fused-ring (bicyclic) bond motifs is 1. The standard InChI is InChI=1S/C15H19N5/c1-3-12-15(16)13(4-2)20(18-12)10-11-9-19-8-6-5-7-14(19)17-11/h5-9H,3-4,10,16H2,1-2H3. The van der Waals surface area contributed by atoms with Crippen molar-refractivity contribution in [3.8, 4) is 0 Å². The first-order valence-electron chi connectivity index (χ1n) is 6.99. The van der Waals surface area contributed by atoms with E-state index in [1.807, 2.05) is 39.7 Å². The van der Waals surface area contributed by atoms with Gasteiger partial charge in [-0.05, 0) is 25.0 Å². The Morgan fingerprint density at radius 1 is 1.20 bits per heavy atom. The second-order valence-electron chi connectivity index (χ2n) is 4.87. The van der Waals surface area contributed by atoms with Crippen molar-refractivity contribution in [1.29, 1.82) is 0 Å². The van der Waals surface area contributed by atoms with Crippen LogP contribution in [-0.2, 0) is 19.4 Å². The summed E-state index contributed by atoms with van der Waals surface area (Å²) in [4.78, 5) is 4.61. The highest BCUT2D eigenvalue weighted by Gasteiger charge is 2.13. The summed E-state index contributed by atoms with van der Waals surface area (Å²) in [7, 11) is 0. The molecule has 3 aromatic rings. The van der Waals surface area contributed by atoms with Crippen LogP contribution in [0.3, 0.4) is 0 Å². The van der Waals surface area contributed by atoms with Crippen molar-refractivity contribution >= 4 is 11.3 Å². The second kappa shape index (κ2) is 5.00. The van der Waals surface area contributed by atoms with Gasteiger partial charge in [0.1, 0.15) is 5.65 Å². The molecule has 0 radical (unpaired) electrons. The van der Waals surface area contributed by atoms with Crippen molar-refractivity contribution in [1.82, 2.24) is 19.2 Å². The molecule has 3 heterocycles. The van der Waals surface area contributed by atoms with Crippen molar-refractivity contribution < 1.29 is 0 Å². The number of imidazole rings is 1. The smallest absolute Gasteiger partial charge is 0.137 e. The van der Waals surface area contributed by atoms with E-state index >= 15 is 0 Å². The van der Waals surface area contributed by atoms with Gasteiger partial charge in [-0.1, -0.05) is 19.9 Å². The third kappa shape index (κ3) is 2.05. The minimum absolute atomic E-state index is 0.662. The average Bonchev–Trinajstić information content (AvgIpc) is 2.99. The van der Waals surface area contributed by atoms with E-state index in [0.29, 0.717) is 6.54 Å². The zero-order valence-electron chi connectivity index (χ0n) is 11.9. The Bertz CT molecular complexity index is 705. The van der Waals surface area contributed by atoms with Crippen molar-refractivity contribution in [3.05, 3.63) is 47.7 Å². The van der Waals surface area contributed by atoms with E-state index in [0.717, 1.165) is 41.3 Å². The van der Waals surface area contributed by atoms with E-state index in [1.165, 1.54) is 0 Å². The lowest BCUT2D eigenvalue weighted by atomic mass is 10.2. The van der Waals surface area contributed by atoms with Gasteiger partial charge < -0.3 is 10.1 Å². The van der Waals surface area contributed by atoms with Gasteiger partial charge in [0.2, 0.25) is 0 Å². The summed E-state index contributed by atoms with van der Waals surface area (Å²) in [6, 6.07) is 5.99. The summed E-state index contributed by atoms with van der Waals surface area (Å²) < 4.78 is 4.00. The molecule has 0 aliphatic carbocycles. The molecule has 3 aromatic heterocycles. The molecule has 0 unspecified atom stereocenters. The molecular formula is C15H19N5. The molecule has 0 amide bonds. The van der Waals surface area contributed by atoms with Crippen LogP contribution in [0.2, 0.25) is 0 Å². The third-order valence-corrected chi connectivity index (χ3v) is 3.57. The minimum Gasteiger partial charge on any atom is -0.396 e. The molecule has 0 fully saturated rings. The predicted molar refractivity (Wildman–Crippen MR) is 79.7 cm³/mol. The number of aromatic nitrogens is 4. The number of rotatable bonds is 4. The minimum atomic E-state index is 0.662. The van der Waals surface area contributed by atoms with Crippen LogP contribution in [0.1, 0.15) is 30.9 Å². The van der Waals surface area contributed by atoms with Gasteiger partial charge in [0.15, 0.2) is 0 Å². The Kier molecular flexibility index (Phi) is 3.18. The first kappa shape index (κ1) is 12.7. The molecule has 0 aliphatic heterocycles. The lowest BCUT2D eigenvalue weighted by Gasteiger charge is -2.03. The van der Waals surface area contributed by atoms with Crippen LogP contribution in [0, 0.1) is 0 Å². The van der Waals surface area contributed by atoms with E-state index in [2.05, 4.69) is 23.9 Å². The van der Waals surface area contributed by atoms with Gasteiger partial charge in [-0.15, -0.1) is 0 Å². The highest BCUT2D eigenvalue weighted by atomic mass is 15.3. The van der Waals surface area contributed by atoms with Gasteiger partial charge in [0.25, 0.3) is 0 Å². The summed E-state index contributed by atoms with van der Waals surface area (Å²) in [5.74, 6) is 0. The molecule has 3 rings (SSSR count).